The van der Waals surface area contributed by atoms with Gasteiger partial charge in [0, 0.05) is 6.54 Å². The number of hydrogen-bond donors (Lipinski definition) is 11. The molecule has 67 heavy (non-hydrogen) atoms. The second-order valence-corrected chi connectivity index (χ2v) is 18.0. The molecule has 0 spiro atoms. The van der Waals surface area contributed by atoms with Crippen LogP contribution in [0.4, 0.5) is 0 Å². The Labute approximate surface area is 393 Å². The van der Waals surface area contributed by atoms with Crippen molar-refractivity contribution in [1.82, 2.24) is 31.9 Å². The van der Waals surface area contributed by atoms with Crippen LogP contribution in [0, 0.1) is 11.8 Å². The van der Waals surface area contributed by atoms with Gasteiger partial charge in [0.2, 0.25) is 41.4 Å². The number of carbonyl (C=O) groups is 9. The molecule has 1 aliphatic heterocycles. The molecule has 1 rings (SSSR count). The number of hydrogen-bond acceptors (Lipinski definition) is 14. The number of cyclic esters (lactones) is 1. The maximum Gasteiger partial charge on any atom is 0.328 e. The van der Waals surface area contributed by atoms with Crippen LogP contribution < -0.4 is 54.8 Å². The number of aliphatic hydroxyl groups excluding tert-OH is 1. The number of carbonyl (C=O) groups excluding carboxylic acids is 9. The highest BCUT2D eigenvalue weighted by Crippen LogP contribution is 2.15. The van der Waals surface area contributed by atoms with E-state index in [0.29, 0.717) is 19.4 Å². The quantitative estimate of drug-likeness (QED) is 0.0244. The molecule has 7 amide bonds. The van der Waals surface area contributed by atoms with Gasteiger partial charge in [-0.15, -0.1) is 0 Å². The molecule has 1 saturated heterocycles. The summed E-state index contributed by atoms with van der Waals surface area (Å²) in [6.45, 7) is 12.1. The SMILES string of the molecule is CC(N)C(=O)OC(C)C1NC(=O)C(C(C)C)NC(=O)C(C(C)C)NC(=O)C(NC(=O)CC(O)CCCCCCCCCCCCN=C(N)N)C(C)OC(=O)C(C)NC(=O)C(CC(N)=O)NC1=O. The Balaban J connectivity index is 3.32. The van der Waals surface area contributed by atoms with Crippen molar-refractivity contribution in [3.63, 3.8) is 0 Å². The molecule has 0 aliphatic carbocycles. The molecule has 0 aromatic heterocycles. The fraction of sp³-hybridized carbons (Fsp3) is 0.773. The van der Waals surface area contributed by atoms with Crippen LogP contribution in [-0.2, 0) is 52.6 Å². The standard InChI is InChI=1S/C44H79N11O12/c1-23(2)33-38(60)53-34(24(3)4)39(61)55-36(28(8)66-42(64)25(5)45)40(62)51-30(22-31(46)57)37(59)50-26(6)43(65)67-27(7)35(41(63)54-33)52-32(58)21-29(56)19-17-15-13-11-9-10-12-14-16-18-20-49-44(47)48/h23-30,33-36,56H,9-22,45H2,1-8H3,(H2,46,57)(H,50,59)(H,51,62)(H,52,58)(H,53,60)(H,54,63)(H,55,61)(H4,47,48,49). The minimum absolute atomic E-state index is 0.107. The molecule has 0 bridgehead atoms. The summed E-state index contributed by atoms with van der Waals surface area (Å²) in [5.41, 5.74) is 21.7. The maximum absolute atomic E-state index is 14.1. The van der Waals surface area contributed by atoms with Crippen molar-refractivity contribution in [2.75, 3.05) is 6.54 Å². The molecule has 1 heterocycles. The van der Waals surface area contributed by atoms with Crippen molar-refractivity contribution >= 4 is 59.2 Å². The molecule has 23 heteroatoms. The van der Waals surface area contributed by atoms with Gasteiger partial charge in [0.15, 0.2) is 5.96 Å². The number of nitrogens with two attached hydrogens (primary N) is 4. The van der Waals surface area contributed by atoms with E-state index in [1.165, 1.54) is 27.7 Å². The van der Waals surface area contributed by atoms with Gasteiger partial charge in [0.25, 0.3) is 0 Å². The zero-order chi connectivity index (χ0) is 51.0. The second-order valence-electron chi connectivity index (χ2n) is 18.0. The van der Waals surface area contributed by atoms with Gasteiger partial charge in [0.05, 0.1) is 18.9 Å². The number of unbranched alkanes of at least 4 members (excludes halogenated alkanes) is 9. The average Bonchev–Trinajstić information content (AvgIpc) is 3.22. The predicted octanol–water partition coefficient (Wildman–Crippen LogP) is -1.36. The number of aliphatic hydroxyl groups is 1. The van der Waals surface area contributed by atoms with E-state index in [1.54, 1.807) is 27.7 Å². The van der Waals surface area contributed by atoms with Crippen LogP contribution in [0.5, 0.6) is 0 Å². The summed E-state index contributed by atoms with van der Waals surface area (Å²) in [6.07, 6.45) is 5.19. The fourth-order valence-corrected chi connectivity index (χ4v) is 7.01. The highest BCUT2D eigenvalue weighted by Gasteiger charge is 2.40. The Kier molecular flexibility index (Phi) is 27.2. The van der Waals surface area contributed by atoms with Crippen LogP contribution in [-0.4, -0.2) is 132 Å². The maximum atomic E-state index is 14.1. The van der Waals surface area contributed by atoms with Gasteiger partial charge in [0.1, 0.15) is 54.5 Å². The lowest BCUT2D eigenvalue weighted by Crippen LogP contribution is -2.63. The summed E-state index contributed by atoms with van der Waals surface area (Å²) < 4.78 is 10.9. The highest BCUT2D eigenvalue weighted by atomic mass is 16.6. The summed E-state index contributed by atoms with van der Waals surface area (Å²) in [5.74, 6) is -9.91. The first kappa shape index (κ1) is 59.4. The molecule has 0 aromatic rings. The van der Waals surface area contributed by atoms with Gasteiger partial charge in [-0.3, -0.25) is 43.3 Å². The molecule has 382 valence electrons. The third kappa shape index (κ3) is 23.1. The molecule has 10 atom stereocenters. The van der Waals surface area contributed by atoms with E-state index in [-0.39, 0.29) is 5.96 Å². The van der Waals surface area contributed by atoms with Gasteiger partial charge in [-0.2, -0.15) is 0 Å². The summed E-state index contributed by atoms with van der Waals surface area (Å²) in [5, 5.41) is 25.6. The number of esters is 2. The number of nitrogens with zero attached hydrogens (tertiary/aromatic N) is 1. The lowest BCUT2D eigenvalue weighted by atomic mass is 9.98. The summed E-state index contributed by atoms with van der Waals surface area (Å²) >= 11 is 0. The first-order valence-corrected chi connectivity index (χ1v) is 23.4. The van der Waals surface area contributed by atoms with E-state index in [1.807, 2.05) is 0 Å². The zero-order valence-corrected chi connectivity index (χ0v) is 40.5. The van der Waals surface area contributed by atoms with Crippen molar-refractivity contribution < 1.29 is 57.7 Å². The van der Waals surface area contributed by atoms with Crippen LogP contribution in [0.2, 0.25) is 0 Å². The van der Waals surface area contributed by atoms with Gasteiger partial charge in [-0.25, -0.2) is 4.79 Å². The minimum Gasteiger partial charge on any atom is -0.459 e. The summed E-state index contributed by atoms with van der Waals surface area (Å²) in [6, 6.07) is -10.4. The molecular weight excluding hydrogens is 875 g/mol. The van der Waals surface area contributed by atoms with E-state index < -0.39 is 139 Å². The Hall–Kier alpha value is -5.58. The van der Waals surface area contributed by atoms with Crippen LogP contribution >= 0.6 is 0 Å². The Bertz CT molecular complexity index is 1690. The number of ether oxygens (including phenoxy) is 2. The molecule has 1 fully saturated rings. The van der Waals surface area contributed by atoms with E-state index >= 15 is 0 Å². The lowest BCUT2D eigenvalue weighted by molar-refractivity contribution is -0.155. The highest BCUT2D eigenvalue weighted by molar-refractivity contribution is 5.98. The first-order chi connectivity index (χ1) is 31.3. The molecule has 0 aromatic carbocycles. The first-order valence-electron chi connectivity index (χ1n) is 23.4. The monoisotopic (exact) mass is 954 g/mol. The van der Waals surface area contributed by atoms with Crippen LogP contribution in [0.15, 0.2) is 4.99 Å². The summed E-state index contributed by atoms with van der Waals surface area (Å²) in [4.78, 5) is 125. The van der Waals surface area contributed by atoms with Crippen molar-refractivity contribution in [2.45, 2.75) is 199 Å². The average molecular weight is 954 g/mol. The smallest absolute Gasteiger partial charge is 0.328 e. The number of primary amides is 1. The molecule has 10 unspecified atom stereocenters. The number of guanidine groups is 1. The minimum atomic E-state index is -1.74. The van der Waals surface area contributed by atoms with Crippen molar-refractivity contribution in [1.29, 1.82) is 0 Å². The van der Waals surface area contributed by atoms with Crippen molar-refractivity contribution in [3.8, 4) is 0 Å². The fourth-order valence-electron chi connectivity index (χ4n) is 7.01. The molecule has 23 nitrogen and oxygen atoms in total. The van der Waals surface area contributed by atoms with E-state index in [9.17, 15) is 48.3 Å². The molecule has 0 saturated carbocycles. The van der Waals surface area contributed by atoms with Crippen LogP contribution in [0.25, 0.3) is 0 Å². The van der Waals surface area contributed by atoms with Crippen LogP contribution in [0.1, 0.15) is 139 Å². The van der Waals surface area contributed by atoms with Gasteiger partial charge in [-0.1, -0.05) is 85.5 Å². The Morgan fingerprint density at radius 2 is 1.16 bits per heavy atom. The predicted molar refractivity (Wildman–Crippen MR) is 248 cm³/mol. The van der Waals surface area contributed by atoms with E-state index in [2.05, 4.69) is 36.9 Å². The Morgan fingerprint density at radius 3 is 1.66 bits per heavy atom. The van der Waals surface area contributed by atoms with Crippen molar-refractivity contribution in [2.24, 2.45) is 39.8 Å². The molecule has 1 aliphatic rings. The Morgan fingerprint density at radius 1 is 0.687 bits per heavy atom. The number of nitrogens with one attached hydrogen (secondary N) is 6. The number of amides is 7. The van der Waals surface area contributed by atoms with Gasteiger partial charge < -0.3 is 69.4 Å². The largest absolute Gasteiger partial charge is 0.459 e. The van der Waals surface area contributed by atoms with Crippen molar-refractivity contribution in [3.05, 3.63) is 0 Å². The van der Waals surface area contributed by atoms with Gasteiger partial charge in [-0.05, 0) is 52.4 Å². The zero-order valence-electron chi connectivity index (χ0n) is 40.5. The molecule has 15 N–H and O–H groups in total. The third-order valence-corrected chi connectivity index (χ3v) is 11.0. The normalized spacial score (nSPS) is 23.9. The topological polar surface area (TPSA) is 381 Å². The van der Waals surface area contributed by atoms with Crippen LogP contribution in [0.3, 0.4) is 0 Å². The van der Waals surface area contributed by atoms with E-state index in [4.69, 9.17) is 32.4 Å². The molecular formula is C44H79N11O12. The van der Waals surface area contributed by atoms with E-state index in [0.717, 1.165) is 57.8 Å². The lowest BCUT2D eigenvalue weighted by Gasteiger charge is -2.31. The molecule has 0 radical (unpaired) electrons. The van der Waals surface area contributed by atoms with Gasteiger partial charge >= 0.3 is 11.9 Å². The third-order valence-electron chi connectivity index (χ3n) is 11.0. The summed E-state index contributed by atoms with van der Waals surface area (Å²) in [7, 11) is 0. The number of aliphatic imine (C=N–C) groups is 1. The second kappa shape index (κ2) is 30.7. The number of rotatable bonds is 23.